The highest BCUT2D eigenvalue weighted by Crippen LogP contribution is 2.33. The van der Waals surface area contributed by atoms with Gasteiger partial charge in [-0.05, 0) is 37.2 Å². The topological polar surface area (TPSA) is 105 Å². The van der Waals surface area contributed by atoms with Crippen LogP contribution in [-0.4, -0.2) is 36.1 Å². The van der Waals surface area contributed by atoms with Crippen molar-refractivity contribution in [3.8, 4) is 0 Å². The number of benzene rings is 2. The molecule has 4 rings (SSSR count). The lowest BCUT2D eigenvalue weighted by molar-refractivity contribution is -0.135. The molecule has 206 valence electrons. The van der Waals surface area contributed by atoms with Gasteiger partial charge in [0, 0.05) is 17.7 Å². The predicted molar refractivity (Wildman–Crippen MR) is 155 cm³/mol. The zero-order valence-electron chi connectivity index (χ0n) is 23.0. The molecule has 0 saturated heterocycles. The molecule has 0 radical (unpaired) electrons. The van der Waals surface area contributed by atoms with Gasteiger partial charge in [-0.1, -0.05) is 87.7 Å². The standard InChI is InChI=1S/C32H40N4O3/c1-4-11-24(29(33)37)26(20-21(2)3)31(38)35-30-32(39)36(19-18-22-12-10-13-22)27-17-9-8-16-25(27)28(34-30)23-14-6-5-7-15-23/h4-9,14-17,21-22,24,26,30H,1,10-13,18-20H2,2-3H3,(H2,33,37)(H,35,38)/t24-,26+,30?/m0/s1. The predicted octanol–water partition coefficient (Wildman–Crippen LogP) is 4.84. The van der Waals surface area contributed by atoms with Gasteiger partial charge >= 0.3 is 0 Å². The fourth-order valence-electron chi connectivity index (χ4n) is 5.54. The van der Waals surface area contributed by atoms with E-state index in [1.165, 1.54) is 19.3 Å². The molecule has 2 aromatic carbocycles. The van der Waals surface area contributed by atoms with Gasteiger partial charge in [0.05, 0.1) is 23.2 Å². The molecule has 3 amide bonds. The number of amides is 3. The summed E-state index contributed by atoms with van der Waals surface area (Å²) in [4.78, 5) is 46.9. The lowest BCUT2D eigenvalue weighted by Gasteiger charge is -2.31. The first-order valence-corrected chi connectivity index (χ1v) is 14.0. The summed E-state index contributed by atoms with van der Waals surface area (Å²) in [6, 6.07) is 17.5. The van der Waals surface area contributed by atoms with Crippen LogP contribution in [0.4, 0.5) is 5.69 Å². The zero-order chi connectivity index (χ0) is 27.9. The number of nitrogens with two attached hydrogens (primary N) is 1. The smallest absolute Gasteiger partial charge is 0.272 e. The molecule has 1 heterocycles. The third-order valence-electron chi connectivity index (χ3n) is 7.85. The van der Waals surface area contributed by atoms with Gasteiger partial charge in [-0.3, -0.25) is 14.4 Å². The van der Waals surface area contributed by atoms with Gasteiger partial charge in [-0.25, -0.2) is 4.99 Å². The van der Waals surface area contributed by atoms with Gasteiger partial charge in [0.25, 0.3) is 5.91 Å². The molecule has 0 bridgehead atoms. The number of anilines is 1. The van der Waals surface area contributed by atoms with Crippen molar-refractivity contribution < 1.29 is 14.4 Å². The summed E-state index contributed by atoms with van der Waals surface area (Å²) < 4.78 is 0. The molecule has 3 atom stereocenters. The van der Waals surface area contributed by atoms with Gasteiger partial charge in [0.15, 0.2) is 0 Å². The van der Waals surface area contributed by atoms with Crippen molar-refractivity contribution in [2.45, 2.75) is 58.5 Å². The van der Waals surface area contributed by atoms with E-state index in [4.69, 9.17) is 10.7 Å². The summed E-state index contributed by atoms with van der Waals surface area (Å²) in [6.45, 7) is 8.29. The minimum Gasteiger partial charge on any atom is -0.369 e. The minimum atomic E-state index is -1.13. The van der Waals surface area contributed by atoms with Crippen molar-refractivity contribution in [3.63, 3.8) is 0 Å². The Morgan fingerprint density at radius 3 is 2.41 bits per heavy atom. The highest BCUT2D eigenvalue weighted by molar-refractivity contribution is 6.20. The first-order chi connectivity index (χ1) is 18.8. The van der Waals surface area contributed by atoms with Crippen LogP contribution in [0.5, 0.6) is 0 Å². The number of benzodiazepines with no additional fused rings is 1. The zero-order valence-corrected chi connectivity index (χ0v) is 23.0. The number of nitrogens with zero attached hydrogens (tertiary/aromatic N) is 2. The average Bonchev–Trinajstić information content (AvgIpc) is 3.00. The van der Waals surface area contributed by atoms with Crippen molar-refractivity contribution in [1.82, 2.24) is 5.32 Å². The van der Waals surface area contributed by atoms with Crippen LogP contribution in [0.1, 0.15) is 63.5 Å². The average molecular weight is 529 g/mol. The summed E-state index contributed by atoms with van der Waals surface area (Å²) in [5.41, 5.74) is 8.87. The molecule has 1 aliphatic heterocycles. The summed E-state index contributed by atoms with van der Waals surface area (Å²) in [5, 5.41) is 2.93. The molecule has 7 nitrogen and oxygen atoms in total. The van der Waals surface area contributed by atoms with Crippen LogP contribution in [0.3, 0.4) is 0 Å². The van der Waals surface area contributed by atoms with Gasteiger partial charge in [0.1, 0.15) is 0 Å². The number of para-hydroxylation sites is 1. The number of hydrogen-bond donors (Lipinski definition) is 2. The maximum Gasteiger partial charge on any atom is 0.272 e. The van der Waals surface area contributed by atoms with E-state index in [-0.39, 0.29) is 18.2 Å². The summed E-state index contributed by atoms with van der Waals surface area (Å²) in [7, 11) is 0. The molecule has 2 aliphatic rings. The SMILES string of the molecule is C=CC[C@H](C(N)=O)[C@@H](CC(C)C)C(=O)NC1N=C(c2ccccc2)c2ccccc2N(CCC2CCC2)C1=O. The van der Waals surface area contributed by atoms with Gasteiger partial charge in [-0.15, -0.1) is 6.58 Å². The summed E-state index contributed by atoms with van der Waals surface area (Å²) in [5.74, 6) is -1.87. The van der Waals surface area contributed by atoms with Crippen LogP contribution in [0.25, 0.3) is 0 Å². The molecule has 1 saturated carbocycles. The molecular formula is C32H40N4O3. The van der Waals surface area contributed by atoms with E-state index in [2.05, 4.69) is 11.9 Å². The second-order valence-corrected chi connectivity index (χ2v) is 11.1. The molecule has 1 unspecified atom stereocenters. The highest BCUT2D eigenvalue weighted by Gasteiger charge is 2.37. The van der Waals surface area contributed by atoms with E-state index in [0.29, 0.717) is 24.6 Å². The quantitative estimate of drug-likeness (QED) is 0.385. The van der Waals surface area contributed by atoms with Crippen molar-refractivity contribution in [3.05, 3.63) is 78.4 Å². The van der Waals surface area contributed by atoms with E-state index in [1.807, 2.05) is 68.4 Å². The number of primary amides is 1. The van der Waals surface area contributed by atoms with E-state index >= 15 is 0 Å². The fourth-order valence-corrected chi connectivity index (χ4v) is 5.54. The minimum absolute atomic E-state index is 0.142. The highest BCUT2D eigenvalue weighted by atomic mass is 16.2. The van der Waals surface area contributed by atoms with Crippen LogP contribution >= 0.6 is 0 Å². The van der Waals surface area contributed by atoms with Gasteiger partial charge in [0.2, 0.25) is 18.0 Å². The Labute approximate surface area is 231 Å². The van der Waals surface area contributed by atoms with Crippen molar-refractivity contribution in [2.75, 3.05) is 11.4 Å². The number of carbonyl (C=O) groups excluding carboxylic acids is 3. The maximum absolute atomic E-state index is 14.1. The second kappa shape index (κ2) is 12.9. The second-order valence-electron chi connectivity index (χ2n) is 11.1. The number of hydrogen-bond acceptors (Lipinski definition) is 4. The number of nitrogens with one attached hydrogen (secondary N) is 1. The summed E-state index contributed by atoms with van der Waals surface area (Å²) in [6.07, 6.45) is 5.73. The van der Waals surface area contributed by atoms with E-state index < -0.39 is 29.8 Å². The Bertz CT molecular complexity index is 1220. The Morgan fingerprint density at radius 2 is 1.79 bits per heavy atom. The molecular weight excluding hydrogens is 488 g/mol. The normalized spacial score (nSPS) is 18.8. The first-order valence-electron chi connectivity index (χ1n) is 14.0. The number of aliphatic imine (C=N–C) groups is 1. The van der Waals surface area contributed by atoms with Gasteiger partial charge < -0.3 is 16.0 Å². The Hall–Kier alpha value is -3.74. The van der Waals surface area contributed by atoms with Crippen LogP contribution in [-0.2, 0) is 14.4 Å². The molecule has 1 aliphatic carbocycles. The van der Waals surface area contributed by atoms with Crippen molar-refractivity contribution in [1.29, 1.82) is 0 Å². The first kappa shape index (κ1) is 28.3. The number of allylic oxidation sites excluding steroid dienone is 1. The molecule has 1 fully saturated rings. The molecule has 2 aromatic rings. The molecule has 0 spiro atoms. The molecule has 39 heavy (non-hydrogen) atoms. The van der Waals surface area contributed by atoms with Crippen LogP contribution < -0.4 is 16.0 Å². The number of rotatable bonds is 12. The third-order valence-corrected chi connectivity index (χ3v) is 7.85. The molecule has 0 aromatic heterocycles. The van der Waals surface area contributed by atoms with E-state index in [1.54, 1.807) is 11.0 Å². The molecule has 7 heteroatoms. The fraction of sp³-hybridized carbons (Fsp3) is 0.438. The monoisotopic (exact) mass is 528 g/mol. The number of fused-ring (bicyclic) bond motifs is 1. The van der Waals surface area contributed by atoms with E-state index in [0.717, 1.165) is 23.2 Å². The Kier molecular flexibility index (Phi) is 9.33. The lowest BCUT2D eigenvalue weighted by Crippen LogP contribution is -2.51. The Balaban J connectivity index is 1.74. The van der Waals surface area contributed by atoms with Crippen molar-refractivity contribution in [2.24, 2.45) is 34.4 Å². The van der Waals surface area contributed by atoms with Crippen molar-refractivity contribution >= 4 is 29.1 Å². The van der Waals surface area contributed by atoms with Crippen LogP contribution in [0.2, 0.25) is 0 Å². The molecule has 3 N–H and O–H groups in total. The Morgan fingerprint density at radius 1 is 1.10 bits per heavy atom. The van der Waals surface area contributed by atoms with E-state index in [9.17, 15) is 14.4 Å². The number of carbonyl (C=O) groups is 3. The lowest BCUT2D eigenvalue weighted by atomic mass is 9.82. The third kappa shape index (κ3) is 6.64. The van der Waals surface area contributed by atoms with Crippen LogP contribution in [0.15, 0.2) is 72.2 Å². The van der Waals surface area contributed by atoms with Gasteiger partial charge in [-0.2, -0.15) is 0 Å². The maximum atomic E-state index is 14.1. The summed E-state index contributed by atoms with van der Waals surface area (Å²) >= 11 is 0. The largest absolute Gasteiger partial charge is 0.369 e. The van der Waals surface area contributed by atoms with Crippen LogP contribution in [0, 0.1) is 23.7 Å².